The average Bonchev–Trinajstić information content (AvgIpc) is 1.95. The lowest BCUT2D eigenvalue weighted by Crippen LogP contribution is -2.29. The van der Waals surface area contributed by atoms with E-state index in [2.05, 4.69) is 0 Å². The Kier molecular flexibility index (Phi) is 4.50. The van der Waals surface area contributed by atoms with Crippen molar-refractivity contribution in [1.29, 1.82) is 0 Å². The number of carbonyl (C=O) groups excluding carboxylic acids is 2. The molecular weight excluding hydrogens is 192 g/mol. The van der Waals surface area contributed by atoms with E-state index in [1.807, 2.05) is 20.8 Å². The molecule has 0 unspecified atom stereocenters. The van der Waals surface area contributed by atoms with E-state index in [4.69, 9.17) is 4.74 Å². The van der Waals surface area contributed by atoms with Crippen LogP contribution in [0.15, 0.2) is 0 Å². The first-order chi connectivity index (χ1) is 6.51. The first-order valence-corrected chi connectivity index (χ1v) is 5.27. The zero-order chi connectivity index (χ0) is 12.3. The number of rotatable bonds is 3. The third-order valence-corrected chi connectivity index (χ3v) is 1.73. The van der Waals surface area contributed by atoms with Gasteiger partial charge in [0.05, 0.1) is 0 Å². The van der Waals surface area contributed by atoms with E-state index in [0.717, 1.165) is 0 Å². The van der Waals surface area contributed by atoms with E-state index in [-0.39, 0.29) is 11.8 Å². The van der Waals surface area contributed by atoms with Crippen LogP contribution in [0.25, 0.3) is 0 Å². The van der Waals surface area contributed by atoms with E-state index >= 15 is 0 Å². The average molecular weight is 214 g/mol. The fourth-order valence-corrected chi connectivity index (χ4v) is 0.926. The van der Waals surface area contributed by atoms with E-state index in [1.165, 1.54) is 0 Å². The highest BCUT2D eigenvalue weighted by atomic mass is 16.6. The SMILES string of the molecule is CC(C)(C)CCC(=O)C(=O)OC(C)(C)C. The van der Waals surface area contributed by atoms with E-state index < -0.39 is 17.4 Å². The summed E-state index contributed by atoms with van der Waals surface area (Å²) in [6, 6.07) is 0. The molecule has 0 N–H and O–H groups in total. The Morgan fingerprint density at radius 3 is 1.80 bits per heavy atom. The summed E-state index contributed by atoms with van der Waals surface area (Å²) in [7, 11) is 0. The lowest BCUT2D eigenvalue weighted by Gasteiger charge is -2.20. The van der Waals surface area contributed by atoms with Gasteiger partial charge in [0.2, 0.25) is 5.78 Å². The molecule has 0 aromatic carbocycles. The Balaban J connectivity index is 4.08. The number of Topliss-reactive ketones (excluding diaryl/α,β-unsaturated/α-hetero) is 1. The minimum Gasteiger partial charge on any atom is -0.454 e. The van der Waals surface area contributed by atoms with Gasteiger partial charge in [0.25, 0.3) is 0 Å². The highest BCUT2D eigenvalue weighted by Gasteiger charge is 2.23. The molecule has 0 aliphatic rings. The van der Waals surface area contributed by atoms with Crippen LogP contribution in [-0.4, -0.2) is 17.4 Å². The second-order valence-corrected chi connectivity index (χ2v) is 5.99. The molecule has 3 heteroatoms. The monoisotopic (exact) mass is 214 g/mol. The van der Waals surface area contributed by atoms with Crippen LogP contribution in [0.4, 0.5) is 0 Å². The molecule has 0 aliphatic heterocycles. The van der Waals surface area contributed by atoms with Crippen LogP contribution in [-0.2, 0) is 14.3 Å². The molecule has 0 saturated heterocycles. The zero-order valence-corrected chi connectivity index (χ0v) is 10.6. The van der Waals surface area contributed by atoms with Gasteiger partial charge in [-0.3, -0.25) is 4.79 Å². The van der Waals surface area contributed by atoms with Crippen LogP contribution in [0.1, 0.15) is 54.4 Å². The van der Waals surface area contributed by atoms with Crippen molar-refractivity contribution in [3.05, 3.63) is 0 Å². The number of ether oxygens (including phenoxy) is 1. The van der Waals surface area contributed by atoms with Gasteiger partial charge in [0, 0.05) is 6.42 Å². The molecule has 0 aliphatic carbocycles. The maximum Gasteiger partial charge on any atom is 0.375 e. The van der Waals surface area contributed by atoms with Crippen molar-refractivity contribution in [1.82, 2.24) is 0 Å². The molecule has 0 aromatic rings. The molecule has 0 radical (unpaired) electrons. The minimum atomic E-state index is -0.716. The van der Waals surface area contributed by atoms with Gasteiger partial charge in [0.15, 0.2) is 0 Å². The van der Waals surface area contributed by atoms with Crippen LogP contribution >= 0.6 is 0 Å². The molecule has 0 heterocycles. The number of carbonyl (C=O) groups is 2. The third kappa shape index (κ3) is 8.16. The van der Waals surface area contributed by atoms with Crippen molar-refractivity contribution < 1.29 is 14.3 Å². The predicted molar refractivity (Wildman–Crippen MR) is 59.5 cm³/mol. The molecule has 0 atom stereocenters. The molecule has 0 rings (SSSR count). The van der Waals surface area contributed by atoms with Crippen molar-refractivity contribution in [3.63, 3.8) is 0 Å². The third-order valence-electron chi connectivity index (χ3n) is 1.73. The van der Waals surface area contributed by atoms with Crippen LogP contribution in [0.3, 0.4) is 0 Å². The molecule has 0 saturated carbocycles. The smallest absolute Gasteiger partial charge is 0.375 e. The van der Waals surface area contributed by atoms with Gasteiger partial charge in [-0.1, -0.05) is 20.8 Å². The minimum absolute atomic E-state index is 0.0671. The molecule has 0 amide bonds. The zero-order valence-electron chi connectivity index (χ0n) is 10.6. The van der Waals surface area contributed by atoms with Gasteiger partial charge in [-0.2, -0.15) is 0 Å². The second kappa shape index (κ2) is 4.77. The van der Waals surface area contributed by atoms with Crippen molar-refractivity contribution in [2.75, 3.05) is 0 Å². The standard InChI is InChI=1S/C12H22O3/c1-11(2,3)8-7-9(13)10(14)15-12(4,5)6/h7-8H2,1-6H3. The van der Waals surface area contributed by atoms with Crippen molar-refractivity contribution in [2.45, 2.75) is 60.0 Å². The van der Waals surface area contributed by atoms with Crippen LogP contribution in [0.2, 0.25) is 0 Å². The Morgan fingerprint density at radius 2 is 1.47 bits per heavy atom. The lowest BCUT2D eigenvalue weighted by molar-refractivity contribution is -0.162. The summed E-state index contributed by atoms with van der Waals surface area (Å²) >= 11 is 0. The normalized spacial score (nSPS) is 12.4. The van der Waals surface area contributed by atoms with Gasteiger partial charge >= 0.3 is 5.97 Å². The van der Waals surface area contributed by atoms with Crippen molar-refractivity contribution in [3.8, 4) is 0 Å². The maximum absolute atomic E-state index is 11.4. The number of hydrogen-bond acceptors (Lipinski definition) is 3. The first kappa shape index (κ1) is 14.1. The number of ketones is 1. The Hall–Kier alpha value is -0.860. The molecule has 88 valence electrons. The topological polar surface area (TPSA) is 43.4 Å². The predicted octanol–water partition coefficient (Wildman–Crippen LogP) is 2.72. The summed E-state index contributed by atoms with van der Waals surface area (Å²) in [6.45, 7) is 11.4. The summed E-state index contributed by atoms with van der Waals surface area (Å²) in [6.07, 6.45) is 0.962. The molecule has 0 fully saturated rings. The highest BCUT2D eigenvalue weighted by Crippen LogP contribution is 2.21. The molecular formula is C12H22O3. The van der Waals surface area contributed by atoms with Gasteiger partial charge in [-0.05, 0) is 32.6 Å². The first-order valence-electron chi connectivity index (χ1n) is 5.27. The van der Waals surface area contributed by atoms with Gasteiger partial charge in [-0.25, -0.2) is 4.79 Å². The molecule has 0 spiro atoms. The molecule has 15 heavy (non-hydrogen) atoms. The maximum atomic E-state index is 11.4. The van der Waals surface area contributed by atoms with E-state index in [0.29, 0.717) is 6.42 Å². The fraction of sp³-hybridized carbons (Fsp3) is 0.833. The molecule has 0 bridgehead atoms. The van der Waals surface area contributed by atoms with Crippen LogP contribution < -0.4 is 0 Å². The Morgan fingerprint density at radius 1 is 1.00 bits per heavy atom. The Labute approximate surface area is 92.2 Å². The number of esters is 1. The van der Waals surface area contributed by atoms with Gasteiger partial charge < -0.3 is 4.74 Å². The second-order valence-electron chi connectivity index (χ2n) is 5.99. The lowest BCUT2D eigenvalue weighted by atomic mass is 9.89. The molecule has 0 aromatic heterocycles. The van der Waals surface area contributed by atoms with Crippen LogP contribution in [0.5, 0.6) is 0 Å². The number of hydrogen-bond donors (Lipinski definition) is 0. The van der Waals surface area contributed by atoms with E-state index in [1.54, 1.807) is 20.8 Å². The van der Waals surface area contributed by atoms with E-state index in [9.17, 15) is 9.59 Å². The summed E-state index contributed by atoms with van der Waals surface area (Å²) in [5.41, 5.74) is -0.522. The fourth-order valence-electron chi connectivity index (χ4n) is 0.926. The van der Waals surface area contributed by atoms with Gasteiger partial charge in [0.1, 0.15) is 5.60 Å². The Bertz CT molecular complexity index is 241. The largest absolute Gasteiger partial charge is 0.454 e. The van der Waals surface area contributed by atoms with Crippen LogP contribution in [0, 0.1) is 5.41 Å². The van der Waals surface area contributed by atoms with Gasteiger partial charge in [-0.15, -0.1) is 0 Å². The van der Waals surface area contributed by atoms with Crippen molar-refractivity contribution in [2.24, 2.45) is 5.41 Å². The summed E-state index contributed by atoms with van der Waals surface area (Å²) in [5, 5.41) is 0. The quantitative estimate of drug-likeness (QED) is 0.536. The summed E-state index contributed by atoms with van der Waals surface area (Å²) in [4.78, 5) is 22.7. The highest BCUT2D eigenvalue weighted by molar-refractivity contribution is 6.33. The molecule has 3 nitrogen and oxygen atoms in total. The summed E-state index contributed by atoms with van der Waals surface area (Å²) in [5.74, 6) is -1.15. The summed E-state index contributed by atoms with van der Waals surface area (Å²) < 4.78 is 4.98. The van der Waals surface area contributed by atoms with Crippen molar-refractivity contribution >= 4 is 11.8 Å².